The quantitative estimate of drug-likeness (QED) is 0.636. The smallest absolute Gasteiger partial charge is 0.265 e. The van der Waals surface area contributed by atoms with Gasteiger partial charge in [-0.05, 0) is 78.2 Å². The third kappa shape index (κ3) is 4.15. The molecule has 1 heterocycles. The lowest BCUT2D eigenvalue weighted by Crippen LogP contribution is -2.38. The predicted molar refractivity (Wildman–Crippen MR) is 112 cm³/mol. The first-order valence-electron chi connectivity index (χ1n) is 9.91. The van der Waals surface area contributed by atoms with Crippen molar-refractivity contribution in [2.45, 2.75) is 59.0 Å². The maximum Gasteiger partial charge on any atom is 0.265 e. The molecule has 1 amide bonds. The van der Waals surface area contributed by atoms with E-state index in [-0.39, 0.29) is 17.4 Å². The van der Waals surface area contributed by atoms with E-state index in [9.17, 15) is 18.4 Å². The van der Waals surface area contributed by atoms with E-state index in [0.717, 1.165) is 37.8 Å². The number of nitrogens with zero attached hydrogens (tertiary/aromatic N) is 1. The lowest BCUT2D eigenvalue weighted by atomic mass is 9.77. The van der Waals surface area contributed by atoms with Gasteiger partial charge in [0.05, 0.1) is 16.1 Å². The van der Waals surface area contributed by atoms with Crippen LogP contribution in [-0.4, -0.2) is 10.5 Å². The number of hydrogen-bond acceptors (Lipinski definition) is 2. The van der Waals surface area contributed by atoms with Gasteiger partial charge >= 0.3 is 0 Å². The molecule has 1 aromatic carbocycles. The molecule has 1 atom stereocenters. The number of aromatic nitrogens is 1. The van der Waals surface area contributed by atoms with Gasteiger partial charge in [-0.1, -0.05) is 19.4 Å². The predicted octanol–water partition coefficient (Wildman–Crippen LogP) is 5.19. The van der Waals surface area contributed by atoms with Gasteiger partial charge in [-0.25, -0.2) is 8.78 Å². The Labute approximate surface area is 177 Å². The Morgan fingerprint density at radius 3 is 2.52 bits per heavy atom. The first kappa shape index (κ1) is 21.7. The number of carbonyl (C=O) groups excluding carboxylic acids is 1. The summed E-state index contributed by atoms with van der Waals surface area (Å²) >= 11 is 3.33. The van der Waals surface area contributed by atoms with Crippen LogP contribution in [0.5, 0.6) is 0 Å². The van der Waals surface area contributed by atoms with Gasteiger partial charge in [0.25, 0.3) is 11.5 Å². The summed E-state index contributed by atoms with van der Waals surface area (Å²) in [5, 5.41) is 3.03. The molecule has 3 rings (SSSR count). The van der Waals surface area contributed by atoms with Gasteiger partial charge < -0.3 is 9.88 Å². The van der Waals surface area contributed by atoms with Crippen molar-refractivity contribution in [2.24, 2.45) is 5.92 Å². The van der Waals surface area contributed by atoms with Crippen molar-refractivity contribution in [2.75, 3.05) is 0 Å². The Kier molecular flexibility index (Phi) is 6.56. The normalized spacial score (nSPS) is 15.1. The van der Waals surface area contributed by atoms with E-state index in [1.54, 1.807) is 18.4 Å². The summed E-state index contributed by atoms with van der Waals surface area (Å²) in [6.07, 6.45) is 3.64. The van der Waals surface area contributed by atoms with Gasteiger partial charge in [0.15, 0.2) is 11.6 Å². The fourth-order valence-corrected chi connectivity index (χ4v) is 4.35. The highest BCUT2D eigenvalue weighted by molar-refractivity contribution is 9.10. The molecule has 0 saturated heterocycles. The van der Waals surface area contributed by atoms with Gasteiger partial charge in [0.2, 0.25) is 0 Å². The summed E-state index contributed by atoms with van der Waals surface area (Å²) in [4.78, 5) is 25.8. The van der Waals surface area contributed by atoms with Crippen LogP contribution in [0.1, 0.15) is 65.8 Å². The van der Waals surface area contributed by atoms with Crippen molar-refractivity contribution in [1.82, 2.24) is 9.88 Å². The van der Waals surface area contributed by atoms with Crippen LogP contribution in [0.3, 0.4) is 0 Å². The minimum Gasteiger partial charge on any atom is -0.345 e. The fourth-order valence-electron chi connectivity index (χ4n) is 3.94. The van der Waals surface area contributed by atoms with E-state index in [2.05, 4.69) is 21.2 Å². The monoisotopic (exact) mass is 466 g/mol. The lowest BCUT2D eigenvalue weighted by Gasteiger charge is -2.35. The second kappa shape index (κ2) is 8.78. The zero-order valence-corrected chi connectivity index (χ0v) is 18.4. The summed E-state index contributed by atoms with van der Waals surface area (Å²) < 4.78 is 29.2. The fraction of sp³-hybridized carbons (Fsp3) is 0.455. The topological polar surface area (TPSA) is 51.1 Å². The van der Waals surface area contributed by atoms with Gasteiger partial charge in [0.1, 0.15) is 0 Å². The Morgan fingerprint density at radius 2 is 1.97 bits per heavy atom. The molecule has 1 aliphatic carbocycles. The molecule has 0 radical (unpaired) electrons. The summed E-state index contributed by atoms with van der Waals surface area (Å²) in [6, 6.07) is 3.37. The average molecular weight is 467 g/mol. The second-order valence-corrected chi connectivity index (χ2v) is 8.46. The third-order valence-corrected chi connectivity index (χ3v) is 6.72. The minimum atomic E-state index is -0.923. The standard InChI is InChI=1S/C22H25BrF2N2O2/c1-4-10-27-13(3)18(12(2)19(23)22(27)29)21(28)26-20(14-6-5-7-14)15-8-9-16(24)17(25)11-15/h8-9,11,14,20H,4-7,10H2,1-3H3,(H,26,28)/t20-/m0/s1. The van der Waals surface area contributed by atoms with Crippen molar-refractivity contribution >= 4 is 21.8 Å². The van der Waals surface area contributed by atoms with Gasteiger partial charge in [-0.2, -0.15) is 0 Å². The van der Waals surface area contributed by atoms with Crippen molar-refractivity contribution in [3.8, 4) is 0 Å². The number of hydrogen-bond donors (Lipinski definition) is 1. The molecule has 1 aromatic heterocycles. The molecule has 1 aliphatic rings. The number of amides is 1. The minimum absolute atomic E-state index is 0.158. The molecular formula is C22H25BrF2N2O2. The molecule has 2 aromatic rings. The summed E-state index contributed by atoms with van der Waals surface area (Å²) in [5.74, 6) is -1.97. The number of benzene rings is 1. The van der Waals surface area contributed by atoms with Crippen molar-refractivity contribution in [3.05, 3.63) is 67.0 Å². The first-order valence-corrected chi connectivity index (χ1v) is 10.7. The van der Waals surface area contributed by atoms with Crippen LogP contribution >= 0.6 is 15.9 Å². The molecule has 7 heteroatoms. The van der Waals surface area contributed by atoms with Crippen LogP contribution in [0.25, 0.3) is 0 Å². The van der Waals surface area contributed by atoms with Gasteiger partial charge in [0, 0.05) is 12.2 Å². The molecule has 0 unspecified atom stereocenters. The summed E-state index contributed by atoms with van der Waals surface area (Å²) in [6.45, 7) is 5.98. The summed E-state index contributed by atoms with van der Waals surface area (Å²) in [5.41, 5.74) is 2.02. The highest BCUT2D eigenvalue weighted by Gasteiger charge is 2.32. The second-order valence-electron chi connectivity index (χ2n) is 7.67. The first-order chi connectivity index (χ1) is 13.8. The molecule has 1 saturated carbocycles. The van der Waals surface area contributed by atoms with E-state index in [1.165, 1.54) is 6.07 Å². The molecule has 1 N–H and O–H groups in total. The highest BCUT2D eigenvalue weighted by atomic mass is 79.9. The average Bonchev–Trinajstić information content (AvgIpc) is 2.64. The Morgan fingerprint density at radius 1 is 1.28 bits per heavy atom. The molecule has 4 nitrogen and oxygen atoms in total. The van der Waals surface area contributed by atoms with Crippen LogP contribution < -0.4 is 10.9 Å². The van der Waals surface area contributed by atoms with Gasteiger partial charge in [-0.3, -0.25) is 9.59 Å². The van der Waals surface area contributed by atoms with Crippen LogP contribution in [-0.2, 0) is 6.54 Å². The Hall–Kier alpha value is -2.02. The molecule has 0 bridgehead atoms. The van der Waals surface area contributed by atoms with Crippen molar-refractivity contribution < 1.29 is 13.6 Å². The molecule has 1 fully saturated rings. The zero-order chi connectivity index (χ0) is 21.3. The number of halogens is 3. The molecule has 29 heavy (non-hydrogen) atoms. The van der Waals surface area contributed by atoms with E-state index >= 15 is 0 Å². The maximum absolute atomic E-state index is 13.8. The molecular weight excluding hydrogens is 442 g/mol. The lowest BCUT2D eigenvalue weighted by molar-refractivity contribution is 0.0898. The largest absolute Gasteiger partial charge is 0.345 e. The van der Waals surface area contributed by atoms with Crippen LogP contribution in [0.15, 0.2) is 27.5 Å². The van der Waals surface area contributed by atoms with E-state index in [4.69, 9.17) is 0 Å². The van der Waals surface area contributed by atoms with E-state index < -0.39 is 17.7 Å². The number of carbonyl (C=O) groups is 1. The molecule has 0 spiro atoms. The Balaban J connectivity index is 2.00. The Bertz CT molecular complexity index is 999. The van der Waals surface area contributed by atoms with Crippen LogP contribution in [0.4, 0.5) is 8.78 Å². The van der Waals surface area contributed by atoms with Crippen molar-refractivity contribution in [3.63, 3.8) is 0 Å². The summed E-state index contributed by atoms with van der Waals surface area (Å²) in [7, 11) is 0. The van der Waals surface area contributed by atoms with Crippen LogP contribution in [0.2, 0.25) is 0 Å². The SMILES string of the molecule is CCCn1c(C)c(C(=O)N[C@H](c2ccc(F)c(F)c2)C2CCC2)c(C)c(Br)c1=O. The number of nitrogens with one attached hydrogen (secondary N) is 1. The van der Waals surface area contributed by atoms with Crippen molar-refractivity contribution in [1.29, 1.82) is 0 Å². The number of pyridine rings is 1. The van der Waals surface area contributed by atoms with Gasteiger partial charge in [-0.15, -0.1) is 0 Å². The number of rotatable bonds is 6. The van der Waals surface area contributed by atoms with E-state index in [0.29, 0.717) is 33.4 Å². The third-order valence-electron chi connectivity index (χ3n) is 5.79. The zero-order valence-electron chi connectivity index (χ0n) is 16.8. The van der Waals surface area contributed by atoms with E-state index in [1.807, 2.05) is 6.92 Å². The molecule has 156 valence electrons. The maximum atomic E-state index is 13.8. The highest BCUT2D eigenvalue weighted by Crippen LogP contribution is 2.38. The van der Waals surface area contributed by atoms with Crippen LogP contribution in [0, 0.1) is 31.4 Å². The molecule has 0 aliphatic heterocycles.